The van der Waals surface area contributed by atoms with Gasteiger partial charge in [-0.1, -0.05) is 20.8 Å². The van der Waals surface area contributed by atoms with E-state index < -0.39 is 0 Å². The molecule has 1 atom stereocenters. The molecule has 0 spiro atoms. The van der Waals surface area contributed by atoms with Crippen LogP contribution in [0.2, 0.25) is 0 Å². The van der Waals surface area contributed by atoms with Crippen molar-refractivity contribution in [1.29, 1.82) is 0 Å². The summed E-state index contributed by atoms with van der Waals surface area (Å²) in [6, 6.07) is 4.07. The molecular formula is C14H21N3S. The number of hydrogen-bond acceptors (Lipinski definition) is 4. The summed E-state index contributed by atoms with van der Waals surface area (Å²) < 4.78 is 1.16. The molecule has 1 heterocycles. The zero-order chi connectivity index (χ0) is 13.3. The Morgan fingerprint density at radius 2 is 2.06 bits per heavy atom. The fraction of sp³-hybridized carbons (Fsp3) is 0.500. The van der Waals surface area contributed by atoms with Crippen LogP contribution in [0.1, 0.15) is 25.8 Å². The van der Waals surface area contributed by atoms with E-state index in [1.807, 2.05) is 13.0 Å². The molecule has 4 heteroatoms. The minimum Gasteiger partial charge on any atom is -0.397 e. The number of benzene rings is 1. The van der Waals surface area contributed by atoms with Crippen LogP contribution in [0.4, 0.5) is 11.4 Å². The Morgan fingerprint density at radius 1 is 1.33 bits per heavy atom. The van der Waals surface area contributed by atoms with Gasteiger partial charge in [-0.2, -0.15) is 0 Å². The summed E-state index contributed by atoms with van der Waals surface area (Å²) in [4.78, 5) is 4.50. The molecule has 0 aliphatic rings. The number of anilines is 2. The van der Waals surface area contributed by atoms with Crippen LogP contribution < -0.4 is 11.1 Å². The van der Waals surface area contributed by atoms with Gasteiger partial charge in [-0.15, -0.1) is 11.3 Å². The first-order valence-corrected chi connectivity index (χ1v) is 7.19. The van der Waals surface area contributed by atoms with E-state index in [-0.39, 0.29) is 0 Å². The Bertz CT molecular complexity index is 545. The van der Waals surface area contributed by atoms with Crippen molar-refractivity contribution in [2.45, 2.75) is 27.7 Å². The lowest BCUT2D eigenvalue weighted by atomic mass is 9.98. The standard InChI is InChI=1S/C14H21N3S/c1-8(2)9(3)7-16-12-6-13-14(5-11(12)15)18-10(4)17-13/h5-6,8-9,16H,7,15H2,1-4H3. The maximum atomic E-state index is 6.07. The van der Waals surface area contributed by atoms with Gasteiger partial charge in [0.1, 0.15) is 0 Å². The molecule has 3 nitrogen and oxygen atoms in total. The second-order valence-corrected chi connectivity index (χ2v) is 6.48. The Hall–Kier alpha value is -1.29. The number of nitrogens with one attached hydrogen (secondary N) is 1. The zero-order valence-electron chi connectivity index (χ0n) is 11.4. The van der Waals surface area contributed by atoms with Crippen molar-refractivity contribution in [2.24, 2.45) is 11.8 Å². The molecule has 0 amide bonds. The van der Waals surface area contributed by atoms with E-state index in [0.29, 0.717) is 11.8 Å². The summed E-state index contributed by atoms with van der Waals surface area (Å²) in [7, 11) is 0. The molecule has 2 rings (SSSR count). The van der Waals surface area contributed by atoms with Crippen LogP contribution in [-0.2, 0) is 0 Å². The monoisotopic (exact) mass is 263 g/mol. The van der Waals surface area contributed by atoms with Gasteiger partial charge in [-0.25, -0.2) is 4.98 Å². The molecule has 1 aromatic heterocycles. The summed E-state index contributed by atoms with van der Waals surface area (Å²) in [5.41, 5.74) is 8.92. The highest BCUT2D eigenvalue weighted by Crippen LogP contribution is 2.30. The Balaban J connectivity index is 2.20. The second kappa shape index (κ2) is 5.14. The van der Waals surface area contributed by atoms with Crippen LogP contribution in [0.15, 0.2) is 12.1 Å². The molecule has 0 bridgehead atoms. The summed E-state index contributed by atoms with van der Waals surface area (Å²) in [6.45, 7) is 9.69. The number of nitrogens with two attached hydrogens (primary N) is 1. The van der Waals surface area contributed by atoms with Crippen LogP contribution in [-0.4, -0.2) is 11.5 Å². The molecule has 0 fully saturated rings. The average molecular weight is 263 g/mol. The normalized spacial score (nSPS) is 13.2. The van der Waals surface area contributed by atoms with Crippen molar-refractivity contribution in [3.8, 4) is 0 Å². The van der Waals surface area contributed by atoms with Crippen LogP contribution in [0, 0.1) is 18.8 Å². The van der Waals surface area contributed by atoms with Crippen LogP contribution in [0.5, 0.6) is 0 Å². The molecule has 0 saturated carbocycles. The number of aromatic nitrogens is 1. The average Bonchev–Trinajstić information content (AvgIpc) is 2.64. The van der Waals surface area contributed by atoms with E-state index in [2.05, 4.69) is 37.1 Å². The predicted molar refractivity (Wildman–Crippen MR) is 81.3 cm³/mol. The zero-order valence-corrected chi connectivity index (χ0v) is 12.3. The van der Waals surface area contributed by atoms with Gasteiger partial charge in [0.05, 0.1) is 26.6 Å². The predicted octanol–water partition coefficient (Wildman–Crippen LogP) is 3.89. The first kappa shape index (κ1) is 13.1. The minimum atomic E-state index is 0.622. The van der Waals surface area contributed by atoms with Gasteiger partial charge in [0.25, 0.3) is 0 Å². The Morgan fingerprint density at radius 3 is 2.72 bits per heavy atom. The second-order valence-electron chi connectivity index (χ2n) is 5.24. The van der Waals surface area contributed by atoms with Gasteiger partial charge in [0.2, 0.25) is 0 Å². The van der Waals surface area contributed by atoms with Crippen molar-refractivity contribution in [1.82, 2.24) is 4.98 Å². The van der Waals surface area contributed by atoms with E-state index in [9.17, 15) is 0 Å². The van der Waals surface area contributed by atoms with E-state index in [4.69, 9.17) is 5.73 Å². The molecular weight excluding hydrogens is 242 g/mol. The van der Waals surface area contributed by atoms with Gasteiger partial charge >= 0.3 is 0 Å². The molecule has 98 valence electrons. The van der Waals surface area contributed by atoms with Crippen LogP contribution in [0.3, 0.4) is 0 Å². The lowest BCUT2D eigenvalue weighted by Crippen LogP contribution is -2.16. The topological polar surface area (TPSA) is 50.9 Å². The highest BCUT2D eigenvalue weighted by molar-refractivity contribution is 7.18. The number of thiazole rings is 1. The largest absolute Gasteiger partial charge is 0.397 e. The van der Waals surface area contributed by atoms with Crippen LogP contribution >= 0.6 is 11.3 Å². The third-order valence-corrected chi connectivity index (χ3v) is 4.35. The molecule has 2 aromatic rings. The first-order chi connectivity index (χ1) is 8.47. The fourth-order valence-electron chi connectivity index (χ4n) is 1.76. The third-order valence-electron chi connectivity index (χ3n) is 3.42. The minimum absolute atomic E-state index is 0.622. The first-order valence-electron chi connectivity index (χ1n) is 6.38. The highest BCUT2D eigenvalue weighted by Gasteiger charge is 2.09. The van der Waals surface area contributed by atoms with Crippen molar-refractivity contribution in [3.05, 3.63) is 17.1 Å². The fourth-order valence-corrected chi connectivity index (χ4v) is 2.62. The smallest absolute Gasteiger partial charge is 0.0907 e. The molecule has 0 aliphatic heterocycles. The lowest BCUT2D eigenvalue weighted by Gasteiger charge is -2.17. The Kier molecular flexibility index (Phi) is 3.76. The molecule has 18 heavy (non-hydrogen) atoms. The Labute approximate surface area is 112 Å². The van der Waals surface area contributed by atoms with Gasteiger partial charge in [-0.05, 0) is 30.9 Å². The number of nitrogen functional groups attached to an aromatic ring is 1. The van der Waals surface area contributed by atoms with E-state index in [1.54, 1.807) is 11.3 Å². The van der Waals surface area contributed by atoms with E-state index >= 15 is 0 Å². The highest BCUT2D eigenvalue weighted by atomic mass is 32.1. The summed E-state index contributed by atoms with van der Waals surface area (Å²) in [5, 5.41) is 4.52. The van der Waals surface area contributed by atoms with Gasteiger partial charge in [0.15, 0.2) is 0 Å². The third kappa shape index (κ3) is 2.75. The summed E-state index contributed by atoms with van der Waals surface area (Å²) >= 11 is 1.69. The van der Waals surface area contributed by atoms with Crippen molar-refractivity contribution in [2.75, 3.05) is 17.6 Å². The maximum absolute atomic E-state index is 6.07. The molecule has 1 unspecified atom stereocenters. The van der Waals surface area contributed by atoms with Crippen molar-refractivity contribution in [3.63, 3.8) is 0 Å². The van der Waals surface area contributed by atoms with E-state index in [0.717, 1.165) is 33.1 Å². The van der Waals surface area contributed by atoms with Gasteiger partial charge < -0.3 is 11.1 Å². The molecule has 1 aromatic carbocycles. The number of fused-ring (bicyclic) bond motifs is 1. The van der Waals surface area contributed by atoms with E-state index in [1.165, 1.54) is 0 Å². The molecule has 0 saturated heterocycles. The summed E-state index contributed by atoms with van der Waals surface area (Å²) in [6.07, 6.45) is 0. The van der Waals surface area contributed by atoms with Gasteiger partial charge in [0, 0.05) is 6.54 Å². The van der Waals surface area contributed by atoms with Gasteiger partial charge in [-0.3, -0.25) is 0 Å². The van der Waals surface area contributed by atoms with Crippen LogP contribution in [0.25, 0.3) is 10.2 Å². The molecule has 3 N–H and O–H groups in total. The SMILES string of the molecule is Cc1nc2cc(NCC(C)C(C)C)c(N)cc2s1. The quantitative estimate of drug-likeness (QED) is 0.823. The lowest BCUT2D eigenvalue weighted by molar-refractivity contribution is 0.440. The number of hydrogen-bond donors (Lipinski definition) is 2. The molecule has 0 aliphatic carbocycles. The number of aryl methyl sites for hydroxylation is 1. The summed E-state index contributed by atoms with van der Waals surface area (Å²) in [5.74, 6) is 1.29. The number of nitrogens with zero attached hydrogens (tertiary/aromatic N) is 1. The number of rotatable bonds is 4. The molecule has 0 radical (unpaired) electrons. The van der Waals surface area contributed by atoms with Crippen molar-refractivity contribution < 1.29 is 0 Å². The van der Waals surface area contributed by atoms with Crippen molar-refractivity contribution >= 4 is 32.9 Å². The maximum Gasteiger partial charge on any atom is 0.0907 e.